The molecule has 0 aliphatic rings. The van der Waals surface area contributed by atoms with Gasteiger partial charge in [-0.3, -0.25) is 4.79 Å². The number of benzene rings is 1. The van der Waals surface area contributed by atoms with E-state index in [2.05, 4.69) is 16.4 Å². The molecule has 0 saturated carbocycles. The standard InChI is InChI=1S/C14H18N2O/c1-9-7-10-8-11(5-6-12(10)15-9)16-13(17)14(2,3)4/h5-8,15H,1-4H3,(H,16,17). The molecule has 2 aromatic rings. The van der Waals surface area contributed by atoms with Crippen LogP contribution in [0.25, 0.3) is 10.9 Å². The molecular formula is C14H18N2O. The molecule has 0 atom stereocenters. The first-order chi connectivity index (χ1) is 7.86. The summed E-state index contributed by atoms with van der Waals surface area (Å²) in [7, 11) is 0. The van der Waals surface area contributed by atoms with E-state index >= 15 is 0 Å². The van der Waals surface area contributed by atoms with Gasteiger partial charge in [-0.25, -0.2) is 0 Å². The molecule has 0 fully saturated rings. The maximum atomic E-state index is 11.9. The molecule has 17 heavy (non-hydrogen) atoms. The number of rotatable bonds is 1. The van der Waals surface area contributed by atoms with E-state index in [-0.39, 0.29) is 11.3 Å². The number of H-pyrrole nitrogens is 1. The molecule has 0 unspecified atom stereocenters. The van der Waals surface area contributed by atoms with Gasteiger partial charge in [0.2, 0.25) is 5.91 Å². The average Bonchev–Trinajstić information content (AvgIpc) is 2.55. The maximum absolute atomic E-state index is 11.9. The lowest BCUT2D eigenvalue weighted by Crippen LogP contribution is -2.27. The van der Waals surface area contributed by atoms with Gasteiger partial charge < -0.3 is 10.3 Å². The Labute approximate surface area is 101 Å². The van der Waals surface area contributed by atoms with E-state index in [0.29, 0.717) is 0 Å². The van der Waals surface area contributed by atoms with Crippen molar-refractivity contribution < 1.29 is 4.79 Å². The summed E-state index contributed by atoms with van der Waals surface area (Å²) in [5.74, 6) is 0.0316. The van der Waals surface area contributed by atoms with Crippen molar-refractivity contribution in [1.29, 1.82) is 0 Å². The second-order valence-corrected chi connectivity index (χ2v) is 5.46. The number of aromatic amines is 1. The monoisotopic (exact) mass is 230 g/mol. The van der Waals surface area contributed by atoms with Crippen molar-refractivity contribution in [2.75, 3.05) is 5.32 Å². The van der Waals surface area contributed by atoms with Crippen LogP contribution < -0.4 is 5.32 Å². The fourth-order valence-corrected chi connectivity index (χ4v) is 1.67. The van der Waals surface area contributed by atoms with Crippen LogP contribution in [0.15, 0.2) is 24.3 Å². The van der Waals surface area contributed by atoms with Crippen molar-refractivity contribution in [3.05, 3.63) is 30.0 Å². The van der Waals surface area contributed by atoms with E-state index in [1.165, 1.54) is 0 Å². The number of anilines is 1. The van der Waals surface area contributed by atoms with Crippen LogP contribution in [0, 0.1) is 12.3 Å². The Hall–Kier alpha value is -1.77. The minimum Gasteiger partial charge on any atom is -0.359 e. The van der Waals surface area contributed by atoms with Gasteiger partial charge in [0.15, 0.2) is 0 Å². The largest absolute Gasteiger partial charge is 0.359 e. The summed E-state index contributed by atoms with van der Waals surface area (Å²) >= 11 is 0. The average molecular weight is 230 g/mol. The van der Waals surface area contributed by atoms with Crippen molar-refractivity contribution in [1.82, 2.24) is 4.98 Å². The zero-order valence-electron chi connectivity index (χ0n) is 10.7. The number of carbonyl (C=O) groups is 1. The Morgan fingerprint density at radius 3 is 2.59 bits per heavy atom. The van der Waals surface area contributed by atoms with Gasteiger partial charge in [-0.1, -0.05) is 20.8 Å². The van der Waals surface area contributed by atoms with Crippen molar-refractivity contribution in [2.45, 2.75) is 27.7 Å². The Bertz CT molecular complexity index is 561. The van der Waals surface area contributed by atoms with Crippen LogP contribution in [0.1, 0.15) is 26.5 Å². The van der Waals surface area contributed by atoms with E-state index in [0.717, 1.165) is 22.3 Å². The van der Waals surface area contributed by atoms with Gasteiger partial charge in [-0.15, -0.1) is 0 Å². The summed E-state index contributed by atoms with van der Waals surface area (Å²) in [6.07, 6.45) is 0. The molecule has 0 aliphatic heterocycles. The first kappa shape index (κ1) is 11.7. The summed E-state index contributed by atoms with van der Waals surface area (Å²) in [5.41, 5.74) is 2.69. The maximum Gasteiger partial charge on any atom is 0.229 e. The number of hydrogen-bond donors (Lipinski definition) is 2. The number of aromatic nitrogens is 1. The minimum absolute atomic E-state index is 0.0316. The van der Waals surface area contributed by atoms with Gasteiger partial charge in [0.25, 0.3) is 0 Å². The highest BCUT2D eigenvalue weighted by Crippen LogP contribution is 2.22. The summed E-state index contributed by atoms with van der Waals surface area (Å²) in [6.45, 7) is 7.73. The van der Waals surface area contributed by atoms with Crippen LogP contribution in [-0.4, -0.2) is 10.9 Å². The van der Waals surface area contributed by atoms with Gasteiger partial charge >= 0.3 is 0 Å². The van der Waals surface area contributed by atoms with E-state index in [4.69, 9.17) is 0 Å². The van der Waals surface area contributed by atoms with Gasteiger partial charge in [0.1, 0.15) is 0 Å². The molecule has 0 aliphatic carbocycles. The fourth-order valence-electron chi connectivity index (χ4n) is 1.67. The van der Waals surface area contributed by atoms with Crippen LogP contribution in [-0.2, 0) is 4.79 Å². The topological polar surface area (TPSA) is 44.9 Å². The molecule has 1 aromatic carbocycles. The van der Waals surface area contributed by atoms with Gasteiger partial charge in [-0.05, 0) is 31.2 Å². The third-order valence-electron chi connectivity index (χ3n) is 2.69. The molecular weight excluding hydrogens is 212 g/mol. The van der Waals surface area contributed by atoms with Gasteiger partial charge in [0, 0.05) is 27.7 Å². The van der Waals surface area contributed by atoms with Crippen LogP contribution in [0.2, 0.25) is 0 Å². The molecule has 0 bridgehead atoms. The second-order valence-electron chi connectivity index (χ2n) is 5.46. The molecule has 90 valence electrons. The third kappa shape index (κ3) is 2.49. The fraction of sp³-hybridized carbons (Fsp3) is 0.357. The highest BCUT2D eigenvalue weighted by atomic mass is 16.2. The number of fused-ring (bicyclic) bond motifs is 1. The lowest BCUT2D eigenvalue weighted by Gasteiger charge is -2.17. The molecule has 3 nitrogen and oxygen atoms in total. The minimum atomic E-state index is -0.372. The molecule has 3 heteroatoms. The van der Waals surface area contributed by atoms with Crippen LogP contribution >= 0.6 is 0 Å². The normalized spacial score (nSPS) is 11.8. The van der Waals surface area contributed by atoms with Crippen LogP contribution in [0.5, 0.6) is 0 Å². The van der Waals surface area contributed by atoms with E-state index in [1.54, 1.807) is 0 Å². The van der Waals surface area contributed by atoms with E-state index < -0.39 is 0 Å². The number of hydrogen-bond acceptors (Lipinski definition) is 1. The molecule has 1 aromatic heterocycles. The first-order valence-electron chi connectivity index (χ1n) is 5.77. The van der Waals surface area contributed by atoms with E-state index in [9.17, 15) is 4.79 Å². The number of carbonyl (C=O) groups excluding carboxylic acids is 1. The quantitative estimate of drug-likeness (QED) is 0.774. The highest BCUT2D eigenvalue weighted by molar-refractivity contribution is 5.96. The number of aryl methyl sites for hydroxylation is 1. The third-order valence-corrected chi connectivity index (χ3v) is 2.69. The summed E-state index contributed by atoms with van der Waals surface area (Å²) in [5, 5.41) is 4.05. The summed E-state index contributed by atoms with van der Waals surface area (Å²) in [4.78, 5) is 15.1. The van der Waals surface area contributed by atoms with Crippen molar-refractivity contribution in [3.8, 4) is 0 Å². The molecule has 0 saturated heterocycles. The van der Waals surface area contributed by atoms with Crippen LogP contribution in [0.4, 0.5) is 5.69 Å². The Morgan fingerprint density at radius 2 is 1.94 bits per heavy atom. The van der Waals surface area contributed by atoms with Crippen molar-refractivity contribution in [3.63, 3.8) is 0 Å². The lowest BCUT2D eigenvalue weighted by molar-refractivity contribution is -0.123. The molecule has 2 rings (SSSR count). The van der Waals surface area contributed by atoms with Crippen molar-refractivity contribution >= 4 is 22.5 Å². The summed E-state index contributed by atoms with van der Waals surface area (Å²) < 4.78 is 0. The molecule has 1 heterocycles. The second kappa shape index (κ2) is 3.91. The van der Waals surface area contributed by atoms with Crippen LogP contribution in [0.3, 0.4) is 0 Å². The predicted octanol–water partition coefficient (Wildman–Crippen LogP) is 3.46. The molecule has 0 radical (unpaired) electrons. The van der Waals surface area contributed by atoms with E-state index in [1.807, 2.05) is 45.9 Å². The predicted molar refractivity (Wildman–Crippen MR) is 71.1 cm³/mol. The summed E-state index contributed by atoms with van der Waals surface area (Å²) in [6, 6.07) is 7.97. The Kier molecular flexibility index (Phi) is 2.69. The Morgan fingerprint density at radius 1 is 1.24 bits per heavy atom. The van der Waals surface area contributed by atoms with Gasteiger partial charge in [0.05, 0.1) is 0 Å². The first-order valence-corrected chi connectivity index (χ1v) is 5.77. The highest BCUT2D eigenvalue weighted by Gasteiger charge is 2.21. The SMILES string of the molecule is Cc1cc2cc(NC(=O)C(C)(C)C)ccc2[nH]1. The zero-order valence-corrected chi connectivity index (χ0v) is 10.7. The smallest absolute Gasteiger partial charge is 0.229 e. The molecule has 2 N–H and O–H groups in total. The molecule has 0 spiro atoms. The molecule has 1 amide bonds. The zero-order chi connectivity index (χ0) is 12.6. The number of nitrogens with one attached hydrogen (secondary N) is 2. The lowest BCUT2D eigenvalue weighted by atomic mass is 9.95. The number of amides is 1. The van der Waals surface area contributed by atoms with Gasteiger partial charge in [-0.2, -0.15) is 0 Å². The van der Waals surface area contributed by atoms with Crippen molar-refractivity contribution in [2.24, 2.45) is 5.41 Å². The Balaban J connectivity index is 2.28.